The Labute approximate surface area is 99.0 Å². The molecule has 0 fully saturated rings. The molecule has 1 aromatic rings. The molecule has 0 aliphatic rings. The van der Waals surface area contributed by atoms with E-state index in [2.05, 4.69) is 0 Å². The van der Waals surface area contributed by atoms with Crippen LogP contribution in [-0.2, 0) is 10.1 Å². The van der Waals surface area contributed by atoms with Gasteiger partial charge in [0.1, 0.15) is 10.6 Å². The molecule has 4 nitrogen and oxygen atoms in total. The fraction of sp³-hybridized carbons (Fsp3) is 0.143. The van der Waals surface area contributed by atoms with Crippen molar-refractivity contribution in [1.82, 2.24) is 0 Å². The first-order valence-corrected chi connectivity index (χ1v) is 4.60. The second-order valence-electron chi connectivity index (χ2n) is 2.13. The van der Waals surface area contributed by atoms with E-state index in [0.717, 1.165) is 0 Å². The molecule has 0 bridgehead atoms. The third-order valence-corrected chi connectivity index (χ3v) is 2.24. The Morgan fingerprint density at radius 2 is 1.85 bits per heavy atom. The van der Waals surface area contributed by atoms with Gasteiger partial charge in [-0.15, -0.1) is 0 Å². The molecule has 13 heavy (non-hydrogen) atoms. The van der Waals surface area contributed by atoms with Gasteiger partial charge in [0.2, 0.25) is 0 Å². The van der Waals surface area contributed by atoms with Crippen molar-refractivity contribution in [1.29, 1.82) is 0 Å². The summed E-state index contributed by atoms with van der Waals surface area (Å²) < 4.78 is 34.8. The third kappa shape index (κ3) is 3.28. The Balaban J connectivity index is 0.00000144. The van der Waals surface area contributed by atoms with Crippen molar-refractivity contribution in [2.45, 2.75) is 4.90 Å². The summed E-state index contributed by atoms with van der Waals surface area (Å²) in [5, 5.41) is 0. The summed E-state index contributed by atoms with van der Waals surface area (Å²) in [6, 6.07) is 5.86. The Morgan fingerprint density at radius 3 is 2.23 bits per heavy atom. The Hall–Kier alpha value is -0.0700. The number of ether oxygens (including phenoxy) is 1. The van der Waals surface area contributed by atoms with Gasteiger partial charge in [-0.3, -0.25) is 4.55 Å². The van der Waals surface area contributed by atoms with Crippen LogP contribution >= 0.6 is 0 Å². The van der Waals surface area contributed by atoms with Gasteiger partial charge in [0.25, 0.3) is 10.1 Å². The zero-order chi connectivity index (χ0) is 9.19. The van der Waals surface area contributed by atoms with E-state index in [9.17, 15) is 8.42 Å². The van der Waals surface area contributed by atoms with Crippen LogP contribution in [0.2, 0.25) is 0 Å². The van der Waals surface area contributed by atoms with Crippen LogP contribution in [0.25, 0.3) is 0 Å². The van der Waals surface area contributed by atoms with Gasteiger partial charge in [-0.2, -0.15) is 8.42 Å². The molecule has 0 amide bonds. The van der Waals surface area contributed by atoms with Gasteiger partial charge in [-0.05, 0) is 12.1 Å². The summed E-state index contributed by atoms with van der Waals surface area (Å²) in [6.07, 6.45) is 0. The minimum absolute atomic E-state index is 0. The minimum atomic E-state index is -4.17. The Morgan fingerprint density at radius 1 is 1.31 bits per heavy atom. The Bertz CT molecular complexity index is 374. The molecule has 0 heterocycles. The average molecular weight is 211 g/mol. The van der Waals surface area contributed by atoms with Gasteiger partial charge in [-0.1, -0.05) is 12.1 Å². The SMILES string of the molecule is COc1ccccc1S(=O)(=O)O.[Na]. The maximum atomic E-state index is 10.7. The van der Waals surface area contributed by atoms with Crippen LogP contribution < -0.4 is 4.74 Å². The van der Waals surface area contributed by atoms with Crippen molar-refractivity contribution in [2.24, 2.45) is 0 Å². The maximum Gasteiger partial charge on any atom is 0.298 e. The number of rotatable bonds is 2. The molecule has 0 aliphatic heterocycles. The molecule has 1 radical (unpaired) electrons. The molecule has 0 unspecified atom stereocenters. The van der Waals surface area contributed by atoms with E-state index in [-0.39, 0.29) is 40.2 Å². The van der Waals surface area contributed by atoms with E-state index in [0.29, 0.717) is 0 Å². The standard InChI is InChI=1S/C7H8O4S.Na/c1-11-6-4-2-3-5-7(6)12(8,9)10;/h2-5H,1H3,(H,8,9,10);. The molecule has 1 N–H and O–H groups in total. The van der Waals surface area contributed by atoms with E-state index < -0.39 is 10.1 Å². The van der Waals surface area contributed by atoms with Crippen LogP contribution in [0.5, 0.6) is 5.75 Å². The zero-order valence-corrected chi connectivity index (χ0v) is 10.2. The molecule has 0 atom stereocenters. The summed E-state index contributed by atoms with van der Waals surface area (Å²) >= 11 is 0. The zero-order valence-electron chi connectivity index (χ0n) is 7.39. The van der Waals surface area contributed by atoms with Crippen LogP contribution in [0.4, 0.5) is 0 Å². The first kappa shape index (κ1) is 12.9. The molecule has 67 valence electrons. The van der Waals surface area contributed by atoms with E-state index >= 15 is 0 Å². The van der Waals surface area contributed by atoms with Gasteiger partial charge < -0.3 is 4.74 Å². The van der Waals surface area contributed by atoms with Crippen molar-refractivity contribution in [2.75, 3.05) is 7.11 Å². The average Bonchev–Trinajstić information content (AvgIpc) is 2.03. The third-order valence-electron chi connectivity index (χ3n) is 1.35. The summed E-state index contributed by atoms with van der Waals surface area (Å²) in [5.74, 6) is 0.139. The molecule has 0 aromatic heterocycles. The second kappa shape index (κ2) is 4.97. The van der Waals surface area contributed by atoms with E-state index in [1.807, 2.05) is 0 Å². The van der Waals surface area contributed by atoms with Crippen LogP contribution in [0.15, 0.2) is 29.2 Å². The molecule has 0 aliphatic carbocycles. The first-order valence-electron chi connectivity index (χ1n) is 3.16. The van der Waals surface area contributed by atoms with Crippen molar-refractivity contribution < 1.29 is 17.7 Å². The van der Waals surface area contributed by atoms with Crippen LogP contribution in [0, 0.1) is 0 Å². The van der Waals surface area contributed by atoms with Crippen molar-refractivity contribution in [3.63, 3.8) is 0 Å². The fourth-order valence-corrected chi connectivity index (χ4v) is 1.49. The number of para-hydroxylation sites is 1. The van der Waals surface area contributed by atoms with Crippen molar-refractivity contribution in [3.05, 3.63) is 24.3 Å². The number of hydrogen-bond acceptors (Lipinski definition) is 3. The quantitative estimate of drug-likeness (QED) is 0.573. The molecule has 0 saturated heterocycles. The predicted molar refractivity (Wildman–Crippen MR) is 48.6 cm³/mol. The van der Waals surface area contributed by atoms with Gasteiger partial charge in [-0.25, -0.2) is 0 Å². The number of benzene rings is 1. The molecule has 1 aromatic carbocycles. The van der Waals surface area contributed by atoms with Gasteiger partial charge in [0.05, 0.1) is 7.11 Å². The van der Waals surface area contributed by atoms with E-state index in [4.69, 9.17) is 9.29 Å². The minimum Gasteiger partial charge on any atom is -0.495 e. The van der Waals surface area contributed by atoms with Crippen molar-refractivity contribution in [3.8, 4) is 5.75 Å². The smallest absolute Gasteiger partial charge is 0.298 e. The van der Waals surface area contributed by atoms with Crippen LogP contribution in [0.3, 0.4) is 0 Å². The monoisotopic (exact) mass is 211 g/mol. The largest absolute Gasteiger partial charge is 0.495 e. The van der Waals surface area contributed by atoms with Crippen LogP contribution in [0.1, 0.15) is 0 Å². The molecular formula is C7H8NaO4S. The first-order chi connectivity index (χ1) is 5.55. The van der Waals surface area contributed by atoms with Gasteiger partial charge >= 0.3 is 0 Å². The molecular weight excluding hydrogens is 203 g/mol. The van der Waals surface area contributed by atoms with Crippen molar-refractivity contribution >= 4 is 39.7 Å². The summed E-state index contributed by atoms with van der Waals surface area (Å²) in [4.78, 5) is -0.215. The molecule has 1 rings (SSSR count). The summed E-state index contributed by atoms with van der Waals surface area (Å²) in [5.41, 5.74) is 0. The van der Waals surface area contributed by atoms with Crippen LogP contribution in [-0.4, -0.2) is 49.6 Å². The topological polar surface area (TPSA) is 63.6 Å². The normalized spacial score (nSPS) is 10.3. The van der Waals surface area contributed by atoms with Gasteiger partial charge in [0, 0.05) is 29.6 Å². The second-order valence-corrected chi connectivity index (χ2v) is 3.52. The Kier molecular flexibility index (Phi) is 4.95. The fourth-order valence-electron chi connectivity index (χ4n) is 0.832. The van der Waals surface area contributed by atoms with Gasteiger partial charge in [0.15, 0.2) is 0 Å². The molecule has 6 heteroatoms. The number of methoxy groups -OCH3 is 1. The maximum absolute atomic E-state index is 10.7. The predicted octanol–water partition coefficient (Wildman–Crippen LogP) is 0.561. The van der Waals surface area contributed by atoms with E-state index in [1.54, 1.807) is 6.07 Å². The number of hydrogen-bond donors (Lipinski definition) is 1. The van der Waals surface area contributed by atoms with E-state index in [1.165, 1.54) is 25.3 Å². The summed E-state index contributed by atoms with van der Waals surface area (Å²) in [6.45, 7) is 0. The molecule has 0 saturated carbocycles. The summed E-state index contributed by atoms with van der Waals surface area (Å²) in [7, 11) is -2.83. The molecule has 0 spiro atoms.